The molecule has 0 saturated carbocycles. The molecule has 0 aliphatic carbocycles. The Kier molecular flexibility index (Phi) is 7.00. The summed E-state index contributed by atoms with van der Waals surface area (Å²) in [4.78, 5) is 32.4. The fourth-order valence-corrected chi connectivity index (χ4v) is 2.52. The number of carbonyl (C=O) groups excluding carboxylic acids is 2. The first-order valence-corrected chi connectivity index (χ1v) is 9.70. The Morgan fingerprint density at radius 1 is 0.968 bits per heavy atom. The second-order valence-corrected chi connectivity index (χ2v) is 7.12. The molecule has 0 atom stereocenters. The molecule has 0 unspecified atom stereocenters. The number of nitrogens with zero attached hydrogens (tertiary/aromatic N) is 2. The number of hydrogen-bond donors (Lipinski definition) is 4. The van der Waals surface area contributed by atoms with Crippen LogP contribution < -0.4 is 21.9 Å². The predicted octanol–water partition coefficient (Wildman–Crippen LogP) is 3.37. The van der Waals surface area contributed by atoms with Crippen LogP contribution in [0.15, 0.2) is 60.9 Å². The van der Waals surface area contributed by atoms with Crippen molar-refractivity contribution < 1.29 is 14.3 Å². The minimum absolute atomic E-state index is 0.219. The Hall–Kier alpha value is -4.14. The summed E-state index contributed by atoms with van der Waals surface area (Å²) in [5, 5.41) is 3.07. The number of nitrogen functional groups attached to an aromatic ring is 1. The number of anilines is 4. The van der Waals surface area contributed by atoms with Crippen LogP contribution in [0.2, 0.25) is 0 Å². The Labute approximate surface area is 180 Å². The van der Waals surface area contributed by atoms with Gasteiger partial charge < -0.3 is 15.8 Å². The maximum atomic E-state index is 12.2. The van der Waals surface area contributed by atoms with Crippen LogP contribution in [-0.2, 0) is 4.74 Å². The molecule has 3 rings (SSSR count). The van der Waals surface area contributed by atoms with E-state index in [0.29, 0.717) is 29.2 Å². The number of benzene rings is 2. The third-order valence-corrected chi connectivity index (χ3v) is 4.15. The maximum absolute atomic E-state index is 12.2. The molecule has 160 valence electrons. The number of ether oxygens (including phenoxy) is 1. The highest BCUT2D eigenvalue weighted by Crippen LogP contribution is 2.25. The largest absolute Gasteiger partial charge is 0.462 e. The molecule has 1 heterocycles. The highest BCUT2D eigenvalue weighted by molar-refractivity contribution is 5.95. The zero-order chi connectivity index (χ0) is 22.2. The zero-order valence-corrected chi connectivity index (χ0v) is 17.3. The van der Waals surface area contributed by atoms with Gasteiger partial charge in [-0.25, -0.2) is 14.8 Å². The summed E-state index contributed by atoms with van der Waals surface area (Å²) in [5.74, 6) is 0.165. The molecule has 0 radical (unpaired) electrons. The van der Waals surface area contributed by atoms with Crippen molar-refractivity contribution in [2.75, 3.05) is 23.1 Å². The third-order valence-electron chi connectivity index (χ3n) is 4.15. The SMILES string of the molecule is CC(C)COC(=O)c1ccc(Nc2ncnc(NNC(=O)c3ccccc3)c2N)cc1. The van der Waals surface area contributed by atoms with Gasteiger partial charge in [0.05, 0.1) is 12.2 Å². The first-order valence-electron chi connectivity index (χ1n) is 9.70. The average Bonchev–Trinajstić information content (AvgIpc) is 2.79. The summed E-state index contributed by atoms with van der Waals surface area (Å²) in [5.41, 5.74) is 13.2. The summed E-state index contributed by atoms with van der Waals surface area (Å²) < 4.78 is 5.22. The van der Waals surface area contributed by atoms with Crippen molar-refractivity contribution in [1.82, 2.24) is 15.4 Å². The Balaban J connectivity index is 1.63. The van der Waals surface area contributed by atoms with Crippen LogP contribution in [0.25, 0.3) is 0 Å². The van der Waals surface area contributed by atoms with Gasteiger partial charge in [0.2, 0.25) is 0 Å². The molecule has 3 aromatic rings. The van der Waals surface area contributed by atoms with Crippen molar-refractivity contribution in [3.05, 3.63) is 72.1 Å². The van der Waals surface area contributed by atoms with Gasteiger partial charge in [-0.1, -0.05) is 32.0 Å². The Bertz CT molecular complexity index is 1040. The van der Waals surface area contributed by atoms with Gasteiger partial charge in [-0.05, 0) is 42.3 Å². The smallest absolute Gasteiger partial charge is 0.338 e. The number of aromatic nitrogens is 2. The quantitative estimate of drug-likeness (QED) is 0.322. The van der Waals surface area contributed by atoms with E-state index in [1.807, 2.05) is 19.9 Å². The molecule has 9 heteroatoms. The fraction of sp³-hybridized carbons (Fsp3) is 0.182. The molecule has 0 fully saturated rings. The van der Waals surface area contributed by atoms with E-state index >= 15 is 0 Å². The molecular weight excluding hydrogens is 396 g/mol. The first kappa shape index (κ1) is 21.6. The summed E-state index contributed by atoms with van der Waals surface area (Å²) in [6.45, 7) is 4.32. The molecule has 5 N–H and O–H groups in total. The molecular formula is C22H24N6O3. The van der Waals surface area contributed by atoms with E-state index in [4.69, 9.17) is 10.5 Å². The van der Waals surface area contributed by atoms with Crippen LogP contribution in [0.3, 0.4) is 0 Å². The number of hydrazine groups is 1. The van der Waals surface area contributed by atoms with Crippen molar-refractivity contribution in [3.63, 3.8) is 0 Å². The number of carbonyl (C=O) groups is 2. The summed E-state index contributed by atoms with van der Waals surface area (Å²) in [6.07, 6.45) is 1.31. The lowest BCUT2D eigenvalue weighted by Crippen LogP contribution is -2.30. The highest BCUT2D eigenvalue weighted by Gasteiger charge is 2.12. The van der Waals surface area contributed by atoms with Crippen LogP contribution in [0.1, 0.15) is 34.6 Å². The van der Waals surface area contributed by atoms with Crippen molar-refractivity contribution in [1.29, 1.82) is 0 Å². The first-order chi connectivity index (χ1) is 14.9. The van der Waals surface area contributed by atoms with Gasteiger partial charge in [0.15, 0.2) is 11.6 Å². The molecule has 0 saturated heterocycles. The number of nitrogens with one attached hydrogen (secondary N) is 3. The average molecular weight is 420 g/mol. The molecule has 0 aliphatic rings. The number of amides is 1. The van der Waals surface area contributed by atoms with Gasteiger partial charge in [-0.2, -0.15) is 0 Å². The standard InChI is InChI=1S/C22H24N6O3/c1-14(2)12-31-22(30)16-8-10-17(11-9-16)26-19-18(23)20(25-13-24-19)27-28-21(29)15-6-4-3-5-7-15/h3-11,13-14H,12,23H2,1-2H3,(H,28,29)(H2,24,25,26,27). The van der Waals surface area contributed by atoms with Gasteiger partial charge >= 0.3 is 5.97 Å². The number of nitrogens with two attached hydrogens (primary N) is 1. The van der Waals surface area contributed by atoms with Crippen molar-refractivity contribution in [2.24, 2.45) is 5.92 Å². The molecule has 2 aromatic carbocycles. The zero-order valence-electron chi connectivity index (χ0n) is 17.3. The normalized spacial score (nSPS) is 10.4. The summed E-state index contributed by atoms with van der Waals surface area (Å²) in [6, 6.07) is 15.5. The van der Waals surface area contributed by atoms with Gasteiger partial charge in [0.25, 0.3) is 5.91 Å². The van der Waals surface area contributed by atoms with E-state index in [9.17, 15) is 9.59 Å². The van der Waals surface area contributed by atoms with Crippen LogP contribution >= 0.6 is 0 Å². The van der Waals surface area contributed by atoms with E-state index in [1.54, 1.807) is 48.5 Å². The minimum atomic E-state index is -0.373. The van der Waals surface area contributed by atoms with E-state index < -0.39 is 0 Å². The van der Waals surface area contributed by atoms with E-state index in [2.05, 4.69) is 26.1 Å². The second kappa shape index (κ2) is 10.1. The third kappa shape index (κ3) is 5.92. The predicted molar refractivity (Wildman–Crippen MR) is 119 cm³/mol. The topological polar surface area (TPSA) is 131 Å². The minimum Gasteiger partial charge on any atom is -0.462 e. The lowest BCUT2D eigenvalue weighted by atomic mass is 10.2. The highest BCUT2D eigenvalue weighted by atomic mass is 16.5. The Morgan fingerprint density at radius 3 is 2.32 bits per heavy atom. The van der Waals surface area contributed by atoms with E-state index in [1.165, 1.54) is 6.33 Å². The van der Waals surface area contributed by atoms with Gasteiger partial charge in [0, 0.05) is 11.3 Å². The van der Waals surface area contributed by atoms with Crippen LogP contribution in [0, 0.1) is 5.92 Å². The van der Waals surface area contributed by atoms with Crippen LogP contribution in [0.4, 0.5) is 23.0 Å². The fourth-order valence-electron chi connectivity index (χ4n) is 2.52. The molecule has 9 nitrogen and oxygen atoms in total. The molecule has 0 spiro atoms. The summed E-state index contributed by atoms with van der Waals surface area (Å²) >= 11 is 0. The van der Waals surface area contributed by atoms with Gasteiger partial charge in [0.1, 0.15) is 12.0 Å². The molecule has 0 bridgehead atoms. The Morgan fingerprint density at radius 2 is 1.65 bits per heavy atom. The van der Waals surface area contributed by atoms with Crippen LogP contribution in [-0.4, -0.2) is 28.5 Å². The summed E-state index contributed by atoms with van der Waals surface area (Å²) in [7, 11) is 0. The number of esters is 1. The second-order valence-electron chi connectivity index (χ2n) is 7.12. The maximum Gasteiger partial charge on any atom is 0.338 e. The molecule has 0 aliphatic heterocycles. The monoisotopic (exact) mass is 420 g/mol. The van der Waals surface area contributed by atoms with E-state index in [0.717, 1.165) is 0 Å². The van der Waals surface area contributed by atoms with Gasteiger partial charge in [-0.15, -0.1) is 0 Å². The van der Waals surface area contributed by atoms with Crippen molar-refractivity contribution in [2.45, 2.75) is 13.8 Å². The van der Waals surface area contributed by atoms with Crippen molar-refractivity contribution in [3.8, 4) is 0 Å². The van der Waals surface area contributed by atoms with Crippen LogP contribution in [0.5, 0.6) is 0 Å². The van der Waals surface area contributed by atoms with E-state index in [-0.39, 0.29) is 29.3 Å². The number of hydrogen-bond acceptors (Lipinski definition) is 8. The lowest BCUT2D eigenvalue weighted by Gasteiger charge is -2.13. The molecule has 1 amide bonds. The van der Waals surface area contributed by atoms with Gasteiger partial charge in [-0.3, -0.25) is 15.6 Å². The van der Waals surface area contributed by atoms with Crippen molar-refractivity contribution >= 4 is 34.9 Å². The molecule has 31 heavy (non-hydrogen) atoms. The number of rotatable bonds is 8. The molecule has 1 aromatic heterocycles. The lowest BCUT2D eigenvalue weighted by molar-refractivity contribution is 0.0459.